The number of hydrogen-bond donors (Lipinski definition) is 2. The molecule has 3 amide bonds. The molecule has 2 atom stereocenters. The Morgan fingerprint density at radius 3 is 2.43 bits per heavy atom. The first kappa shape index (κ1) is 27.5. The Balaban J connectivity index is 0.00000320. The summed E-state index contributed by atoms with van der Waals surface area (Å²) in [7, 11) is 0. The molecular weight excluding hydrogens is 521 g/mol. The van der Waals surface area contributed by atoms with Crippen molar-refractivity contribution >= 4 is 82.5 Å². The van der Waals surface area contributed by atoms with E-state index in [0.29, 0.717) is 29.9 Å². The number of carbonyl (C=O) groups is 4. The third kappa shape index (κ3) is 5.68. The molecule has 2 saturated heterocycles. The zero-order chi connectivity index (χ0) is 25.2. The summed E-state index contributed by atoms with van der Waals surface area (Å²) in [6, 6.07) is 18.0. The van der Waals surface area contributed by atoms with E-state index < -0.39 is 23.3 Å². The van der Waals surface area contributed by atoms with Crippen molar-refractivity contribution in [3.05, 3.63) is 83.6 Å². The van der Waals surface area contributed by atoms with Crippen molar-refractivity contribution in [2.45, 2.75) is 22.7 Å². The number of rotatable bonds is 7. The number of anilines is 1. The second kappa shape index (κ2) is 11.9. The summed E-state index contributed by atoms with van der Waals surface area (Å²) in [6.45, 7) is 0.512. The van der Waals surface area contributed by atoms with Gasteiger partial charge in [-0.2, -0.15) is 0 Å². The van der Waals surface area contributed by atoms with Crippen LogP contribution in [0.5, 0.6) is 0 Å². The van der Waals surface area contributed by atoms with Crippen LogP contribution in [0.4, 0.5) is 5.69 Å². The van der Waals surface area contributed by atoms with E-state index in [1.54, 1.807) is 11.0 Å². The van der Waals surface area contributed by atoms with E-state index in [-0.39, 0.29) is 52.8 Å². The second-order valence-corrected chi connectivity index (χ2v) is 10.6. The molecule has 2 fully saturated rings. The summed E-state index contributed by atoms with van der Waals surface area (Å²) in [5, 5.41) is 12.2. The zero-order valence-corrected chi connectivity index (χ0v) is 23.8. The molecule has 0 aromatic heterocycles. The Hall–Kier alpha value is -2.50. The first-order valence-electron chi connectivity index (χ1n) is 11.4. The van der Waals surface area contributed by atoms with Crippen LogP contribution in [0.1, 0.15) is 6.42 Å². The number of benzene rings is 2. The standard InChI is InChI=1S/C26H23N3O5S2.Na/c30-20(15-35-19-9-5-2-6-10-19)27-21-24(32)29-22(26(33)34)17(14-36-25(21)29)13-16-11-12-28(23(16)31)18-7-3-1-4-8-18;/h1-10,13,21,25H,11-12,14-15H2,(H,27,30)(H,33,34);/t21-,25-;/m1./s1. The number of aliphatic carboxylic acids is 1. The minimum absolute atomic E-state index is 0. The number of thioether (sulfide) groups is 2. The van der Waals surface area contributed by atoms with E-state index in [1.807, 2.05) is 60.7 Å². The SMILES string of the molecule is O=C(CSc1ccccc1)N[C@@H]1C(=O)N2C(C(=O)O)=C(C=C3CCN(c4ccccc4)C3=O)CS[C@H]12.[Na]. The maximum atomic E-state index is 13.0. The molecule has 3 aliphatic heterocycles. The number of carboxylic acid groups (broad SMARTS) is 1. The Kier molecular flexibility index (Phi) is 8.86. The van der Waals surface area contributed by atoms with Crippen LogP contribution in [0.3, 0.4) is 0 Å². The van der Waals surface area contributed by atoms with Crippen LogP contribution in [-0.4, -0.2) is 92.7 Å². The third-order valence-corrected chi connectivity index (χ3v) is 8.49. The van der Waals surface area contributed by atoms with E-state index in [4.69, 9.17) is 0 Å². The van der Waals surface area contributed by atoms with E-state index in [0.717, 1.165) is 10.6 Å². The number of hydrogen-bond acceptors (Lipinski definition) is 6. The number of β-lactam (4-membered cyclic amide) rings is 1. The van der Waals surface area contributed by atoms with Crippen molar-refractivity contribution in [3.63, 3.8) is 0 Å². The van der Waals surface area contributed by atoms with Gasteiger partial charge in [0.25, 0.3) is 11.8 Å². The van der Waals surface area contributed by atoms with Gasteiger partial charge in [-0.15, -0.1) is 23.5 Å². The maximum Gasteiger partial charge on any atom is 0.352 e. The fraction of sp³-hybridized carbons (Fsp3) is 0.231. The van der Waals surface area contributed by atoms with Crippen LogP contribution in [0.2, 0.25) is 0 Å². The molecule has 0 bridgehead atoms. The summed E-state index contributed by atoms with van der Waals surface area (Å²) in [5.41, 5.74) is 1.62. The molecule has 8 nitrogen and oxygen atoms in total. The number of fused-ring (bicyclic) bond motifs is 1. The Labute approximate surface area is 244 Å². The smallest absolute Gasteiger partial charge is 0.352 e. The van der Waals surface area contributed by atoms with Crippen LogP contribution in [0, 0.1) is 0 Å². The van der Waals surface area contributed by atoms with Crippen LogP contribution in [0.25, 0.3) is 0 Å². The molecule has 11 heteroatoms. The van der Waals surface area contributed by atoms with Crippen molar-refractivity contribution in [3.8, 4) is 0 Å². The van der Waals surface area contributed by atoms with Gasteiger partial charge in [-0.1, -0.05) is 36.4 Å². The van der Waals surface area contributed by atoms with Crippen molar-refractivity contribution in [2.24, 2.45) is 0 Å². The molecule has 2 N–H and O–H groups in total. The zero-order valence-electron chi connectivity index (χ0n) is 20.1. The molecule has 0 saturated carbocycles. The molecule has 2 aromatic rings. The van der Waals surface area contributed by atoms with E-state index in [9.17, 15) is 24.3 Å². The molecule has 1 radical (unpaired) electrons. The number of nitrogens with one attached hydrogen (secondary N) is 1. The van der Waals surface area contributed by atoms with Crippen LogP contribution in [-0.2, 0) is 19.2 Å². The minimum Gasteiger partial charge on any atom is -0.477 e. The van der Waals surface area contributed by atoms with E-state index >= 15 is 0 Å². The fourth-order valence-corrected chi connectivity index (χ4v) is 6.48. The summed E-state index contributed by atoms with van der Waals surface area (Å²) in [5.74, 6) is -1.65. The van der Waals surface area contributed by atoms with Gasteiger partial charge >= 0.3 is 5.97 Å². The normalized spacial score (nSPS) is 21.9. The predicted octanol–water partition coefficient (Wildman–Crippen LogP) is 2.50. The number of carbonyl (C=O) groups excluding carboxylic acids is 3. The molecule has 2 aromatic carbocycles. The molecule has 0 aliphatic carbocycles. The molecule has 0 spiro atoms. The summed E-state index contributed by atoms with van der Waals surface area (Å²) < 4.78 is 0. The molecule has 5 rings (SSSR count). The number of para-hydroxylation sites is 1. The quantitative estimate of drug-likeness (QED) is 0.239. The van der Waals surface area contributed by atoms with E-state index in [1.165, 1.54) is 28.4 Å². The van der Waals surface area contributed by atoms with Gasteiger partial charge in [0.15, 0.2) is 0 Å². The molecule has 0 unspecified atom stereocenters. The summed E-state index contributed by atoms with van der Waals surface area (Å²) in [6.07, 6.45) is 2.11. The average molecular weight is 545 g/mol. The van der Waals surface area contributed by atoms with Crippen molar-refractivity contribution in [1.29, 1.82) is 0 Å². The largest absolute Gasteiger partial charge is 0.477 e. The fourth-order valence-electron chi connectivity index (χ4n) is 4.45. The van der Waals surface area contributed by atoms with E-state index in [2.05, 4.69) is 5.32 Å². The van der Waals surface area contributed by atoms with Gasteiger partial charge in [-0.05, 0) is 42.3 Å². The minimum atomic E-state index is -1.23. The number of carboxylic acids is 1. The molecule has 185 valence electrons. The van der Waals surface area contributed by atoms with Gasteiger partial charge in [-0.3, -0.25) is 19.3 Å². The Bertz CT molecular complexity index is 1290. The number of nitrogens with zero attached hydrogens (tertiary/aromatic N) is 2. The number of amides is 3. The first-order chi connectivity index (χ1) is 17.4. The average Bonchev–Trinajstić information content (AvgIpc) is 3.26. The van der Waals surface area contributed by atoms with Gasteiger partial charge in [0.05, 0.1) is 5.75 Å². The topological polar surface area (TPSA) is 107 Å². The maximum absolute atomic E-state index is 13.0. The van der Waals surface area contributed by atoms with Crippen LogP contribution < -0.4 is 10.2 Å². The third-order valence-electron chi connectivity index (χ3n) is 6.17. The monoisotopic (exact) mass is 544 g/mol. The second-order valence-electron chi connectivity index (χ2n) is 8.45. The number of allylic oxidation sites excluding steroid dienone is 1. The van der Waals surface area contributed by atoms with Gasteiger partial charge in [0, 0.05) is 58.0 Å². The first-order valence-corrected chi connectivity index (χ1v) is 13.4. The van der Waals surface area contributed by atoms with Gasteiger partial charge < -0.3 is 15.3 Å². The van der Waals surface area contributed by atoms with Crippen molar-refractivity contribution in [2.75, 3.05) is 23.0 Å². The van der Waals surface area contributed by atoms with Gasteiger partial charge in [0.1, 0.15) is 17.1 Å². The van der Waals surface area contributed by atoms with Gasteiger partial charge in [-0.25, -0.2) is 4.79 Å². The molecule has 3 heterocycles. The Morgan fingerprint density at radius 2 is 1.76 bits per heavy atom. The molecule has 3 aliphatic rings. The Morgan fingerprint density at radius 1 is 1.08 bits per heavy atom. The molecular formula is C26H23N3NaO5S2. The summed E-state index contributed by atoms with van der Waals surface area (Å²) >= 11 is 2.75. The predicted molar refractivity (Wildman–Crippen MR) is 144 cm³/mol. The van der Waals surface area contributed by atoms with Crippen LogP contribution >= 0.6 is 23.5 Å². The molecule has 37 heavy (non-hydrogen) atoms. The van der Waals surface area contributed by atoms with Crippen molar-refractivity contribution < 1.29 is 24.3 Å². The van der Waals surface area contributed by atoms with Crippen molar-refractivity contribution in [1.82, 2.24) is 10.2 Å². The van der Waals surface area contributed by atoms with Crippen LogP contribution in [0.15, 0.2) is 88.5 Å². The summed E-state index contributed by atoms with van der Waals surface area (Å²) in [4.78, 5) is 54.3. The van der Waals surface area contributed by atoms with Gasteiger partial charge in [0.2, 0.25) is 5.91 Å².